The zero-order valence-corrected chi connectivity index (χ0v) is 10.4. The van der Waals surface area contributed by atoms with Crippen molar-refractivity contribution in [2.45, 2.75) is 12.5 Å². The Morgan fingerprint density at radius 1 is 1.41 bits per heavy atom. The third kappa shape index (κ3) is 3.71. The minimum Gasteiger partial charge on any atom is -0.342 e. The van der Waals surface area contributed by atoms with E-state index in [0.29, 0.717) is 0 Å². The summed E-state index contributed by atoms with van der Waals surface area (Å²) in [5, 5.41) is 2.65. The normalized spacial score (nSPS) is 14.0. The lowest BCUT2D eigenvalue weighted by atomic mass is 9.94. The standard InChI is InChI=1S/C12H15NO3S/c1-3-11(14)13-12(2,9-17(15)16)10-7-5-4-6-8-10/h3-8,17H,1,9H2,2H3,(H,13,14). The maximum Gasteiger partial charge on any atom is 0.244 e. The second kappa shape index (κ2) is 5.63. The summed E-state index contributed by atoms with van der Waals surface area (Å²) in [6, 6.07) is 8.98. The van der Waals surface area contributed by atoms with Crippen LogP contribution in [0.2, 0.25) is 0 Å². The molecule has 0 aromatic heterocycles. The molecule has 1 rings (SSSR count). The van der Waals surface area contributed by atoms with E-state index in [-0.39, 0.29) is 5.75 Å². The summed E-state index contributed by atoms with van der Waals surface area (Å²) < 4.78 is 21.8. The van der Waals surface area contributed by atoms with Crippen LogP contribution in [0.4, 0.5) is 0 Å². The summed E-state index contributed by atoms with van der Waals surface area (Å²) in [6.07, 6.45) is 1.12. The van der Waals surface area contributed by atoms with E-state index in [0.717, 1.165) is 11.6 Å². The van der Waals surface area contributed by atoms with Crippen molar-refractivity contribution in [3.05, 3.63) is 48.6 Å². The molecule has 0 radical (unpaired) electrons. The van der Waals surface area contributed by atoms with Gasteiger partial charge in [-0.1, -0.05) is 36.9 Å². The van der Waals surface area contributed by atoms with Crippen LogP contribution in [-0.4, -0.2) is 20.1 Å². The van der Waals surface area contributed by atoms with Gasteiger partial charge < -0.3 is 5.32 Å². The van der Waals surface area contributed by atoms with Crippen LogP contribution >= 0.6 is 0 Å². The molecule has 17 heavy (non-hydrogen) atoms. The van der Waals surface area contributed by atoms with Gasteiger partial charge in [-0.05, 0) is 18.6 Å². The van der Waals surface area contributed by atoms with Crippen molar-refractivity contribution in [2.75, 3.05) is 5.75 Å². The third-order valence-electron chi connectivity index (χ3n) is 2.44. The molecular formula is C12H15NO3S. The van der Waals surface area contributed by atoms with E-state index >= 15 is 0 Å². The third-order valence-corrected chi connectivity index (χ3v) is 3.33. The zero-order chi connectivity index (χ0) is 12.9. The molecule has 0 spiro atoms. The van der Waals surface area contributed by atoms with Gasteiger partial charge in [0.15, 0.2) is 0 Å². The Balaban J connectivity index is 3.09. The molecule has 0 fully saturated rings. The molecule has 1 atom stereocenters. The topological polar surface area (TPSA) is 63.2 Å². The number of carbonyl (C=O) groups excluding carboxylic acids is 1. The smallest absolute Gasteiger partial charge is 0.244 e. The van der Waals surface area contributed by atoms with Crippen LogP contribution in [0.1, 0.15) is 12.5 Å². The van der Waals surface area contributed by atoms with Gasteiger partial charge in [-0.2, -0.15) is 0 Å². The van der Waals surface area contributed by atoms with Gasteiger partial charge in [0, 0.05) is 0 Å². The zero-order valence-electron chi connectivity index (χ0n) is 9.55. The van der Waals surface area contributed by atoms with Gasteiger partial charge >= 0.3 is 0 Å². The highest BCUT2D eigenvalue weighted by Gasteiger charge is 2.28. The minimum atomic E-state index is -2.60. The van der Waals surface area contributed by atoms with Crippen molar-refractivity contribution in [3.63, 3.8) is 0 Å². The lowest BCUT2D eigenvalue weighted by Gasteiger charge is -2.28. The van der Waals surface area contributed by atoms with Gasteiger partial charge in [0.1, 0.15) is 10.7 Å². The van der Waals surface area contributed by atoms with Crippen molar-refractivity contribution >= 4 is 16.6 Å². The molecule has 92 valence electrons. The van der Waals surface area contributed by atoms with Gasteiger partial charge in [-0.15, -0.1) is 0 Å². The maximum atomic E-state index is 11.4. The summed E-state index contributed by atoms with van der Waals surface area (Å²) in [6.45, 7) is 5.03. The van der Waals surface area contributed by atoms with E-state index in [9.17, 15) is 13.2 Å². The number of hydrogen-bond acceptors (Lipinski definition) is 3. The van der Waals surface area contributed by atoms with E-state index in [1.807, 2.05) is 6.07 Å². The number of nitrogens with one attached hydrogen (secondary N) is 1. The van der Waals surface area contributed by atoms with E-state index in [1.165, 1.54) is 0 Å². The van der Waals surface area contributed by atoms with Gasteiger partial charge in [0.05, 0.1) is 11.3 Å². The van der Waals surface area contributed by atoms with Gasteiger partial charge in [0.25, 0.3) is 0 Å². The van der Waals surface area contributed by atoms with E-state index < -0.39 is 22.2 Å². The molecule has 0 heterocycles. The molecule has 1 unspecified atom stereocenters. The lowest BCUT2D eigenvalue weighted by molar-refractivity contribution is -0.118. The Morgan fingerprint density at radius 3 is 2.47 bits per heavy atom. The van der Waals surface area contributed by atoms with Crippen molar-refractivity contribution in [1.29, 1.82) is 0 Å². The fraction of sp³-hybridized carbons (Fsp3) is 0.250. The predicted octanol–water partition coefficient (Wildman–Crippen LogP) is 0.815. The second-order valence-corrected chi connectivity index (χ2v) is 4.86. The average Bonchev–Trinajstić information content (AvgIpc) is 2.29. The Morgan fingerprint density at radius 2 is 2.00 bits per heavy atom. The molecular weight excluding hydrogens is 238 g/mol. The van der Waals surface area contributed by atoms with Crippen LogP contribution in [0.25, 0.3) is 0 Å². The largest absolute Gasteiger partial charge is 0.342 e. The summed E-state index contributed by atoms with van der Waals surface area (Å²) in [5.41, 5.74) is -0.184. The van der Waals surface area contributed by atoms with Crippen LogP contribution in [0.15, 0.2) is 43.0 Å². The van der Waals surface area contributed by atoms with E-state index in [2.05, 4.69) is 11.9 Å². The van der Waals surface area contributed by atoms with Gasteiger partial charge in [-0.3, -0.25) is 4.79 Å². The second-order valence-electron chi connectivity index (χ2n) is 3.88. The fourth-order valence-electron chi connectivity index (χ4n) is 1.59. The number of benzene rings is 1. The van der Waals surface area contributed by atoms with Crippen molar-refractivity contribution < 1.29 is 13.2 Å². The molecule has 0 bridgehead atoms. The fourth-order valence-corrected chi connectivity index (χ4v) is 2.37. The highest BCUT2D eigenvalue weighted by atomic mass is 32.2. The number of rotatable bonds is 5. The highest BCUT2D eigenvalue weighted by Crippen LogP contribution is 2.20. The number of carbonyl (C=O) groups is 1. The van der Waals surface area contributed by atoms with Gasteiger partial charge in [-0.25, -0.2) is 8.42 Å². The SMILES string of the molecule is C=CC(=O)NC(C)(C[SH](=O)=O)c1ccccc1. The first-order valence-corrected chi connectivity index (χ1v) is 6.46. The predicted molar refractivity (Wildman–Crippen MR) is 67.3 cm³/mol. The Labute approximate surface area is 102 Å². The molecule has 5 heteroatoms. The highest BCUT2D eigenvalue weighted by molar-refractivity contribution is 7.72. The van der Waals surface area contributed by atoms with Crippen LogP contribution in [0.3, 0.4) is 0 Å². The maximum absolute atomic E-state index is 11.4. The van der Waals surface area contributed by atoms with Crippen molar-refractivity contribution in [2.24, 2.45) is 0 Å². The first-order chi connectivity index (χ1) is 7.98. The van der Waals surface area contributed by atoms with Crippen LogP contribution in [0, 0.1) is 0 Å². The van der Waals surface area contributed by atoms with Crippen molar-refractivity contribution in [1.82, 2.24) is 5.32 Å². The van der Waals surface area contributed by atoms with Crippen LogP contribution in [0.5, 0.6) is 0 Å². The molecule has 0 aliphatic rings. The van der Waals surface area contributed by atoms with Crippen LogP contribution in [-0.2, 0) is 21.0 Å². The Hall–Kier alpha value is -1.62. The Bertz CT molecular complexity index is 474. The lowest BCUT2D eigenvalue weighted by Crippen LogP contribution is -2.46. The van der Waals surface area contributed by atoms with E-state index in [1.54, 1.807) is 31.2 Å². The summed E-state index contributed by atoms with van der Waals surface area (Å²) >= 11 is 0. The average molecular weight is 253 g/mol. The number of hydrogen-bond donors (Lipinski definition) is 2. The van der Waals surface area contributed by atoms with E-state index in [4.69, 9.17) is 0 Å². The molecule has 1 aromatic carbocycles. The summed E-state index contributed by atoms with van der Waals surface area (Å²) in [5.74, 6) is -0.542. The quantitative estimate of drug-likeness (QED) is 0.603. The molecule has 1 amide bonds. The summed E-state index contributed by atoms with van der Waals surface area (Å²) in [7, 11) is -2.60. The number of thiol groups is 1. The van der Waals surface area contributed by atoms with Crippen LogP contribution < -0.4 is 5.32 Å². The molecule has 1 aromatic rings. The van der Waals surface area contributed by atoms with Crippen molar-refractivity contribution in [3.8, 4) is 0 Å². The summed E-state index contributed by atoms with van der Waals surface area (Å²) in [4.78, 5) is 11.4. The monoisotopic (exact) mass is 253 g/mol. The molecule has 0 aliphatic heterocycles. The molecule has 0 aliphatic carbocycles. The molecule has 4 nitrogen and oxygen atoms in total. The molecule has 0 saturated carbocycles. The molecule has 1 N–H and O–H groups in total. The minimum absolute atomic E-state index is 0.147. The first-order valence-electron chi connectivity index (χ1n) is 5.10. The number of amides is 1. The first kappa shape index (κ1) is 13.4. The molecule has 0 saturated heterocycles. The Kier molecular flexibility index (Phi) is 4.45. The van der Waals surface area contributed by atoms with Gasteiger partial charge in [0.2, 0.25) is 5.91 Å².